The van der Waals surface area contributed by atoms with E-state index in [1.165, 1.54) is 36.4 Å². The van der Waals surface area contributed by atoms with E-state index in [0.717, 1.165) is 12.0 Å². The zero-order valence-electron chi connectivity index (χ0n) is 17.7. The summed E-state index contributed by atoms with van der Waals surface area (Å²) in [6, 6.07) is 19.0. The maximum absolute atomic E-state index is 13.5. The van der Waals surface area contributed by atoms with Gasteiger partial charge in [-0.25, -0.2) is 4.79 Å². The molecule has 1 N–H and O–H groups in total. The summed E-state index contributed by atoms with van der Waals surface area (Å²) in [5, 5.41) is 11.2. The van der Waals surface area contributed by atoms with Crippen LogP contribution < -0.4 is 9.47 Å². The molecule has 0 aliphatic carbocycles. The van der Waals surface area contributed by atoms with E-state index in [4.69, 9.17) is 14.2 Å². The van der Waals surface area contributed by atoms with Gasteiger partial charge in [-0.3, -0.25) is 14.5 Å². The average molecular weight is 447 g/mol. The van der Waals surface area contributed by atoms with Crippen molar-refractivity contribution >= 4 is 17.8 Å². The zero-order valence-corrected chi connectivity index (χ0v) is 17.7. The number of rotatable bonds is 6. The number of ether oxygens (including phenoxy) is 3. The van der Waals surface area contributed by atoms with Crippen LogP contribution >= 0.6 is 0 Å². The standard InChI is InChI=1S/C25H21NO7/c1-31-25(30)21(22(27)18-12-13-19-20(14-18)33-15-32-19)26(23(28)16-8-4-2-5-9-16)24(29)17-10-6-3-7-11-17/h2-14,21-22,27H,15H2,1H3/t21-,22?/m0/s1. The number of imide groups is 1. The summed E-state index contributed by atoms with van der Waals surface area (Å²) in [6.07, 6.45) is -1.59. The van der Waals surface area contributed by atoms with Crippen LogP contribution in [0.25, 0.3) is 0 Å². The fourth-order valence-electron chi connectivity index (χ4n) is 3.56. The lowest BCUT2D eigenvalue weighted by Gasteiger charge is -2.31. The topological polar surface area (TPSA) is 102 Å². The van der Waals surface area contributed by atoms with Crippen LogP contribution in [-0.4, -0.2) is 47.7 Å². The van der Waals surface area contributed by atoms with Crippen molar-refractivity contribution in [3.63, 3.8) is 0 Å². The predicted octanol–water partition coefficient (Wildman–Crippen LogP) is 2.97. The highest BCUT2D eigenvalue weighted by molar-refractivity contribution is 6.12. The summed E-state index contributed by atoms with van der Waals surface area (Å²) in [5.41, 5.74) is 0.600. The monoisotopic (exact) mass is 447 g/mol. The molecule has 1 heterocycles. The first kappa shape index (κ1) is 22.0. The van der Waals surface area contributed by atoms with Gasteiger partial charge in [-0.2, -0.15) is 0 Å². The number of fused-ring (bicyclic) bond motifs is 1. The third-order valence-corrected chi connectivity index (χ3v) is 5.24. The van der Waals surface area contributed by atoms with Crippen LogP contribution in [0.2, 0.25) is 0 Å². The molecule has 8 nitrogen and oxygen atoms in total. The number of amides is 2. The number of carbonyl (C=O) groups is 3. The summed E-state index contributed by atoms with van der Waals surface area (Å²) in [5.74, 6) is -1.59. The van der Waals surface area contributed by atoms with E-state index in [-0.39, 0.29) is 23.5 Å². The summed E-state index contributed by atoms with van der Waals surface area (Å²) >= 11 is 0. The largest absolute Gasteiger partial charge is 0.467 e. The second-order valence-electron chi connectivity index (χ2n) is 7.24. The molecule has 2 amide bonds. The highest BCUT2D eigenvalue weighted by Gasteiger charge is 2.42. The fourth-order valence-corrected chi connectivity index (χ4v) is 3.56. The molecule has 2 atom stereocenters. The van der Waals surface area contributed by atoms with E-state index in [0.29, 0.717) is 11.5 Å². The summed E-state index contributed by atoms with van der Waals surface area (Å²) < 4.78 is 15.5. The minimum absolute atomic E-state index is 0.0282. The molecule has 1 aliphatic heterocycles. The molecule has 3 aromatic carbocycles. The number of aliphatic hydroxyl groups excluding tert-OH is 1. The Morgan fingerprint density at radius 3 is 1.94 bits per heavy atom. The van der Waals surface area contributed by atoms with Crippen molar-refractivity contribution < 1.29 is 33.7 Å². The van der Waals surface area contributed by atoms with Crippen LogP contribution in [-0.2, 0) is 9.53 Å². The van der Waals surface area contributed by atoms with Gasteiger partial charge in [0.1, 0.15) is 6.10 Å². The number of hydrogen-bond donors (Lipinski definition) is 1. The molecule has 0 aromatic heterocycles. The number of benzene rings is 3. The molecular formula is C25H21NO7. The Kier molecular flexibility index (Phi) is 6.37. The van der Waals surface area contributed by atoms with Crippen LogP contribution in [0.1, 0.15) is 32.4 Å². The van der Waals surface area contributed by atoms with Gasteiger partial charge in [0.05, 0.1) is 7.11 Å². The Morgan fingerprint density at radius 1 is 0.848 bits per heavy atom. The van der Waals surface area contributed by atoms with Crippen molar-refractivity contribution in [3.05, 3.63) is 95.6 Å². The third-order valence-electron chi connectivity index (χ3n) is 5.24. The van der Waals surface area contributed by atoms with Crippen LogP contribution in [0.3, 0.4) is 0 Å². The molecule has 0 spiro atoms. The first-order valence-corrected chi connectivity index (χ1v) is 10.1. The second-order valence-corrected chi connectivity index (χ2v) is 7.24. The average Bonchev–Trinajstić information content (AvgIpc) is 3.35. The van der Waals surface area contributed by atoms with Gasteiger partial charge in [0, 0.05) is 11.1 Å². The van der Waals surface area contributed by atoms with E-state index in [9.17, 15) is 19.5 Å². The van der Waals surface area contributed by atoms with Gasteiger partial charge in [0.2, 0.25) is 6.79 Å². The maximum Gasteiger partial charge on any atom is 0.332 e. The second kappa shape index (κ2) is 9.54. The van der Waals surface area contributed by atoms with E-state index in [2.05, 4.69) is 0 Å². The van der Waals surface area contributed by atoms with Gasteiger partial charge in [-0.05, 0) is 42.0 Å². The zero-order chi connectivity index (χ0) is 23.4. The molecule has 0 radical (unpaired) electrons. The van der Waals surface area contributed by atoms with E-state index in [1.54, 1.807) is 42.5 Å². The Hall–Kier alpha value is -4.17. The SMILES string of the molecule is COC(=O)[C@H](C(O)c1ccc2c(c1)OCO2)N(C(=O)c1ccccc1)C(=O)c1ccccc1. The molecular weight excluding hydrogens is 426 g/mol. The highest BCUT2D eigenvalue weighted by Crippen LogP contribution is 2.36. The minimum Gasteiger partial charge on any atom is -0.467 e. The lowest BCUT2D eigenvalue weighted by molar-refractivity contribution is -0.149. The minimum atomic E-state index is -1.66. The summed E-state index contributed by atoms with van der Waals surface area (Å²) in [6.45, 7) is 0.0282. The molecule has 3 aromatic rings. The molecule has 0 saturated carbocycles. The van der Waals surface area contributed by atoms with Crippen molar-refractivity contribution in [1.29, 1.82) is 0 Å². The fraction of sp³-hybridized carbons (Fsp3) is 0.160. The number of aliphatic hydroxyl groups is 1. The van der Waals surface area contributed by atoms with Gasteiger partial charge in [-0.15, -0.1) is 0 Å². The van der Waals surface area contributed by atoms with Gasteiger partial charge >= 0.3 is 5.97 Å². The first-order valence-electron chi connectivity index (χ1n) is 10.1. The van der Waals surface area contributed by atoms with Crippen molar-refractivity contribution in [3.8, 4) is 11.5 Å². The Bertz CT molecular complexity index is 1110. The molecule has 33 heavy (non-hydrogen) atoms. The predicted molar refractivity (Wildman–Crippen MR) is 117 cm³/mol. The van der Waals surface area contributed by atoms with Crippen LogP contribution in [0.4, 0.5) is 0 Å². The molecule has 8 heteroatoms. The first-order chi connectivity index (χ1) is 16.0. The Balaban J connectivity index is 1.80. The highest BCUT2D eigenvalue weighted by atomic mass is 16.7. The van der Waals surface area contributed by atoms with Crippen molar-refractivity contribution in [2.24, 2.45) is 0 Å². The van der Waals surface area contributed by atoms with Gasteiger partial charge in [-0.1, -0.05) is 42.5 Å². The lowest BCUT2D eigenvalue weighted by Crippen LogP contribution is -2.52. The Labute approximate surface area is 189 Å². The molecule has 168 valence electrons. The number of carbonyl (C=O) groups excluding carboxylic acids is 3. The maximum atomic E-state index is 13.5. The molecule has 1 aliphatic rings. The van der Waals surface area contributed by atoms with Gasteiger partial charge < -0.3 is 19.3 Å². The molecule has 0 saturated heterocycles. The lowest BCUT2D eigenvalue weighted by atomic mass is 9.98. The van der Waals surface area contributed by atoms with Crippen molar-refractivity contribution in [1.82, 2.24) is 4.90 Å². The number of methoxy groups -OCH3 is 1. The summed E-state index contributed by atoms with van der Waals surface area (Å²) in [4.78, 5) is 40.6. The number of nitrogens with zero attached hydrogens (tertiary/aromatic N) is 1. The van der Waals surface area contributed by atoms with Crippen LogP contribution in [0, 0.1) is 0 Å². The van der Waals surface area contributed by atoms with Crippen LogP contribution in [0.15, 0.2) is 78.9 Å². The van der Waals surface area contributed by atoms with E-state index in [1.807, 2.05) is 0 Å². The number of hydrogen-bond acceptors (Lipinski definition) is 7. The smallest absolute Gasteiger partial charge is 0.332 e. The number of esters is 1. The quantitative estimate of drug-likeness (QED) is 0.458. The summed E-state index contributed by atoms with van der Waals surface area (Å²) in [7, 11) is 1.12. The van der Waals surface area contributed by atoms with Crippen molar-refractivity contribution in [2.45, 2.75) is 12.1 Å². The van der Waals surface area contributed by atoms with E-state index < -0.39 is 29.9 Å². The van der Waals surface area contributed by atoms with Crippen LogP contribution in [0.5, 0.6) is 11.5 Å². The Morgan fingerprint density at radius 2 is 1.39 bits per heavy atom. The molecule has 4 rings (SSSR count). The van der Waals surface area contributed by atoms with E-state index >= 15 is 0 Å². The van der Waals surface area contributed by atoms with Gasteiger partial charge in [0.15, 0.2) is 17.5 Å². The molecule has 1 unspecified atom stereocenters. The normalized spacial score (nSPS) is 13.6. The molecule has 0 bridgehead atoms. The third kappa shape index (κ3) is 4.42. The van der Waals surface area contributed by atoms with Gasteiger partial charge in [0.25, 0.3) is 11.8 Å². The molecule has 0 fully saturated rings. The van der Waals surface area contributed by atoms with Crippen molar-refractivity contribution in [2.75, 3.05) is 13.9 Å².